The summed E-state index contributed by atoms with van der Waals surface area (Å²) in [5, 5.41) is 3.11. The van der Waals surface area contributed by atoms with Gasteiger partial charge in [-0.2, -0.15) is 0 Å². The van der Waals surface area contributed by atoms with Crippen LogP contribution >= 0.6 is 0 Å². The van der Waals surface area contributed by atoms with Gasteiger partial charge < -0.3 is 10.1 Å². The molecule has 0 radical (unpaired) electrons. The number of benzene rings is 2. The van der Waals surface area contributed by atoms with Crippen molar-refractivity contribution < 1.29 is 17.9 Å². The molecule has 0 aliphatic heterocycles. The zero-order valence-electron chi connectivity index (χ0n) is 12.4. The van der Waals surface area contributed by atoms with Crippen LogP contribution in [0.25, 0.3) is 0 Å². The summed E-state index contributed by atoms with van der Waals surface area (Å²) in [4.78, 5) is 0. The number of ether oxygens (including phenoxy) is 1. The summed E-state index contributed by atoms with van der Waals surface area (Å²) >= 11 is 0. The van der Waals surface area contributed by atoms with Gasteiger partial charge in [0.1, 0.15) is 17.5 Å². The topological polar surface area (TPSA) is 21.3 Å². The number of methoxy groups -OCH3 is 1. The van der Waals surface area contributed by atoms with Gasteiger partial charge in [0.25, 0.3) is 0 Å². The molecule has 0 saturated heterocycles. The van der Waals surface area contributed by atoms with Crippen molar-refractivity contribution in [3.8, 4) is 0 Å². The van der Waals surface area contributed by atoms with Gasteiger partial charge in [0.05, 0.1) is 6.10 Å². The van der Waals surface area contributed by atoms with Gasteiger partial charge in [0, 0.05) is 31.3 Å². The molecular formula is C17H18F3NO. The van der Waals surface area contributed by atoms with Crippen molar-refractivity contribution in [3.05, 3.63) is 71.0 Å². The van der Waals surface area contributed by atoms with E-state index < -0.39 is 17.7 Å². The van der Waals surface area contributed by atoms with E-state index >= 15 is 0 Å². The molecule has 0 amide bonds. The predicted molar refractivity (Wildman–Crippen MR) is 78.8 cm³/mol. The summed E-state index contributed by atoms with van der Waals surface area (Å²) in [5.41, 5.74) is 0.920. The molecule has 0 fully saturated rings. The number of hydrogen-bond donors (Lipinski definition) is 1. The molecule has 0 aliphatic rings. The van der Waals surface area contributed by atoms with E-state index in [4.69, 9.17) is 4.74 Å². The third-order valence-corrected chi connectivity index (χ3v) is 3.47. The van der Waals surface area contributed by atoms with Crippen LogP contribution in [0.1, 0.15) is 24.2 Å². The quantitative estimate of drug-likeness (QED) is 0.872. The average molecular weight is 309 g/mol. The van der Waals surface area contributed by atoms with Crippen molar-refractivity contribution in [2.24, 2.45) is 0 Å². The zero-order valence-corrected chi connectivity index (χ0v) is 12.4. The minimum Gasteiger partial charge on any atom is -0.375 e. The molecule has 1 N–H and O–H groups in total. The molecule has 0 heterocycles. The lowest BCUT2D eigenvalue weighted by molar-refractivity contribution is 0.0700. The summed E-state index contributed by atoms with van der Waals surface area (Å²) in [6.07, 6.45) is -0.500. The molecule has 0 spiro atoms. The van der Waals surface area contributed by atoms with Gasteiger partial charge in [-0.15, -0.1) is 0 Å². The van der Waals surface area contributed by atoms with Crippen molar-refractivity contribution >= 4 is 0 Å². The van der Waals surface area contributed by atoms with E-state index in [1.165, 1.54) is 25.3 Å². The SMILES string of the molecule is CO[C@H](c1ccccc1F)[C@H](C)NCc1cc(F)cc(F)c1. The Bertz CT molecular complexity index is 613. The highest BCUT2D eigenvalue weighted by atomic mass is 19.1. The predicted octanol–water partition coefficient (Wildman–Crippen LogP) is 3.97. The molecular weight excluding hydrogens is 291 g/mol. The molecule has 22 heavy (non-hydrogen) atoms. The maximum atomic E-state index is 13.8. The standard InChI is InChI=1S/C17H18F3NO/c1-11(17(22-2)15-5-3-4-6-16(15)20)21-10-12-7-13(18)9-14(19)8-12/h3-9,11,17,21H,10H2,1-2H3/t11-,17-/m0/s1. The van der Waals surface area contributed by atoms with E-state index in [1.807, 2.05) is 6.92 Å². The van der Waals surface area contributed by atoms with E-state index in [1.54, 1.807) is 18.2 Å². The summed E-state index contributed by atoms with van der Waals surface area (Å²) < 4.78 is 45.5. The van der Waals surface area contributed by atoms with Crippen LogP contribution in [0.15, 0.2) is 42.5 Å². The number of nitrogens with one attached hydrogen (secondary N) is 1. The van der Waals surface area contributed by atoms with Gasteiger partial charge in [0.2, 0.25) is 0 Å². The second-order valence-electron chi connectivity index (χ2n) is 5.13. The van der Waals surface area contributed by atoms with Crippen LogP contribution in [-0.2, 0) is 11.3 Å². The molecule has 2 atom stereocenters. The molecule has 2 nitrogen and oxygen atoms in total. The highest BCUT2D eigenvalue weighted by Gasteiger charge is 2.21. The number of rotatable bonds is 6. The third kappa shape index (κ3) is 4.08. The lowest BCUT2D eigenvalue weighted by Crippen LogP contribution is -2.33. The Kier molecular flexibility index (Phi) is 5.57. The van der Waals surface area contributed by atoms with Crippen LogP contribution in [0.2, 0.25) is 0 Å². The Hall–Kier alpha value is -1.85. The lowest BCUT2D eigenvalue weighted by Gasteiger charge is -2.24. The van der Waals surface area contributed by atoms with Gasteiger partial charge in [0.15, 0.2) is 0 Å². The Labute approximate surface area is 127 Å². The van der Waals surface area contributed by atoms with Crippen LogP contribution in [0.5, 0.6) is 0 Å². The van der Waals surface area contributed by atoms with E-state index in [-0.39, 0.29) is 18.4 Å². The highest BCUT2D eigenvalue weighted by Crippen LogP contribution is 2.23. The minimum atomic E-state index is -0.623. The fourth-order valence-corrected chi connectivity index (χ4v) is 2.41. The Morgan fingerprint density at radius 3 is 2.27 bits per heavy atom. The molecule has 5 heteroatoms. The van der Waals surface area contributed by atoms with Gasteiger partial charge in [-0.05, 0) is 30.7 Å². The van der Waals surface area contributed by atoms with Crippen molar-refractivity contribution in [1.82, 2.24) is 5.32 Å². The molecule has 2 aromatic carbocycles. The Balaban J connectivity index is 2.06. The molecule has 118 valence electrons. The van der Waals surface area contributed by atoms with Crippen LogP contribution < -0.4 is 5.32 Å². The minimum absolute atomic E-state index is 0.242. The van der Waals surface area contributed by atoms with Crippen molar-refractivity contribution in [1.29, 1.82) is 0 Å². The van der Waals surface area contributed by atoms with Crippen molar-refractivity contribution in [2.75, 3.05) is 7.11 Å². The first-order chi connectivity index (χ1) is 10.5. The zero-order chi connectivity index (χ0) is 16.1. The summed E-state index contributed by atoms with van der Waals surface area (Å²) in [7, 11) is 1.50. The first-order valence-electron chi connectivity index (χ1n) is 6.97. The smallest absolute Gasteiger partial charge is 0.129 e. The van der Waals surface area contributed by atoms with Gasteiger partial charge in [-0.1, -0.05) is 18.2 Å². The fourth-order valence-electron chi connectivity index (χ4n) is 2.41. The van der Waals surface area contributed by atoms with Gasteiger partial charge in [-0.25, -0.2) is 13.2 Å². The Morgan fingerprint density at radius 1 is 1.05 bits per heavy atom. The molecule has 0 unspecified atom stereocenters. The molecule has 0 aliphatic carbocycles. The molecule has 2 rings (SSSR count). The monoisotopic (exact) mass is 309 g/mol. The second kappa shape index (κ2) is 7.42. The molecule has 2 aromatic rings. The van der Waals surface area contributed by atoms with E-state index in [2.05, 4.69) is 5.32 Å². The van der Waals surface area contributed by atoms with E-state index in [9.17, 15) is 13.2 Å². The lowest BCUT2D eigenvalue weighted by atomic mass is 10.0. The van der Waals surface area contributed by atoms with Crippen molar-refractivity contribution in [3.63, 3.8) is 0 Å². The van der Waals surface area contributed by atoms with Gasteiger partial charge >= 0.3 is 0 Å². The number of halogens is 3. The maximum absolute atomic E-state index is 13.8. The number of hydrogen-bond acceptors (Lipinski definition) is 2. The summed E-state index contributed by atoms with van der Waals surface area (Å²) in [6.45, 7) is 2.08. The third-order valence-electron chi connectivity index (χ3n) is 3.47. The first-order valence-corrected chi connectivity index (χ1v) is 6.97. The molecule has 0 aromatic heterocycles. The van der Waals surface area contributed by atoms with Crippen LogP contribution in [0.3, 0.4) is 0 Å². The summed E-state index contributed by atoms with van der Waals surface area (Å²) in [6, 6.07) is 9.47. The molecule has 0 saturated carbocycles. The van der Waals surface area contributed by atoms with Gasteiger partial charge in [-0.3, -0.25) is 0 Å². The molecule has 0 bridgehead atoms. The summed E-state index contributed by atoms with van der Waals surface area (Å²) in [5.74, 6) is -1.59. The Morgan fingerprint density at radius 2 is 1.68 bits per heavy atom. The van der Waals surface area contributed by atoms with Crippen molar-refractivity contribution in [2.45, 2.75) is 25.6 Å². The van der Waals surface area contributed by atoms with Crippen LogP contribution in [-0.4, -0.2) is 13.2 Å². The normalized spacial score (nSPS) is 13.9. The highest BCUT2D eigenvalue weighted by molar-refractivity contribution is 5.22. The van der Waals surface area contributed by atoms with E-state index in [0.29, 0.717) is 11.1 Å². The average Bonchev–Trinajstić information content (AvgIpc) is 2.47. The largest absolute Gasteiger partial charge is 0.375 e. The van der Waals surface area contributed by atoms with Crippen LogP contribution in [0, 0.1) is 17.5 Å². The maximum Gasteiger partial charge on any atom is 0.129 e. The van der Waals surface area contributed by atoms with E-state index in [0.717, 1.165) is 6.07 Å². The second-order valence-corrected chi connectivity index (χ2v) is 5.13. The van der Waals surface area contributed by atoms with Crippen LogP contribution in [0.4, 0.5) is 13.2 Å². The fraction of sp³-hybridized carbons (Fsp3) is 0.294. The first kappa shape index (κ1) is 16.5.